The molecule has 5 aromatic rings. The number of carbonyl (C=O) groups is 1. The van der Waals surface area contributed by atoms with Crippen LogP contribution in [0.4, 0.5) is 0 Å². The van der Waals surface area contributed by atoms with Gasteiger partial charge in [-0.15, -0.1) is 0 Å². The Morgan fingerprint density at radius 2 is 1.82 bits per heavy atom. The third-order valence-electron chi connectivity index (χ3n) is 7.15. The fraction of sp³-hybridized carbons (Fsp3) is 0.114. The van der Waals surface area contributed by atoms with Crippen molar-refractivity contribution >= 4 is 28.1 Å². The minimum atomic E-state index is -0.214. The summed E-state index contributed by atoms with van der Waals surface area (Å²) in [6.07, 6.45) is 13.7. The van der Waals surface area contributed by atoms with Crippen molar-refractivity contribution in [1.29, 1.82) is 0 Å². The number of rotatable bonds is 7. The van der Waals surface area contributed by atoms with E-state index in [9.17, 15) is 4.79 Å². The lowest BCUT2D eigenvalue weighted by molar-refractivity contribution is 0.0967. The predicted octanol–water partition coefficient (Wildman–Crippen LogP) is 6.26. The molecule has 1 aromatic carbocycles. The molecule has 1 aliphatic carbocycles. The molecule has 0 unspecified atom stereocenters. The van der Waals surface area contributed by atoms with Crippen LogP contribution in [-0.4, -0.2) is 36.0 Å². The van der Waals surface area contributed by atoms with E-state index in [2.05, 4.69) is 44.6 Å². The Morgan fingerprint density at radius 3 is 2.57 bits per heavy atom. The Labute approximate surface area is 255 Å². The monoisotopic (exact) mass is 580 g/mol. The zero-order valence-electron chi connectivity index (χ0n) is 24.7. The third-order valence-corrected chi connectivity index (χ3v) is 7.15. The van der Waals surface area contributed by atoms with Gasteiger partial charge in [-0.1, -0.05) is 47.6 Å². The van der Waals surface area contributed by atoms with Gasteiger partial charge in [0.1, 0.15) is 5.52 Å². The zero-order chi connectivity index (χ0) is 30.6. The molecule has 218 valence electrons. The molecular weight excluding hydrogens is 548 g/mol. The van der Waals surface area contributed by atoms with E-state index in [0.29, 0.717) is 39.6 Å². The quantitative estimate of drug-likeness (QED) is 0.168. The first-order valence-corrected chi connectivity index (χ1v) is 14.3. The minimum absolute atomic E-state index is 0.214. The predicted molar refractivity (Wildman–Crippen MR) is 174 cm³/mol. The molecule has 1 aliphatic rings. The first kappa shape index (κ1) is 28.3. The highest BCUT2D eigenvalue weighted by Crippen LogP contribution is 2.33. The number of nitrogens with one attached hydrogen (secondary N) is 3. The number of H-pyrrole nitrogens is 2. The second-order valence-corrected chi connectivity index (χ2v) is 10.9. The number of imidazole rings is 1. The zero-order valence-corrected chi connectivity index (χ0v) is 24.7. The largest absolute Gasteiger partial charge is 0.404 e. The number of allylic oxidation sites excluding steroid dienone is 7. The van der Waals surface area contributed by atoms with Crippen LogP contribution in [0, 0.1) is 0 Å². The lowest BCUT2D eigenvalue weighted by atomic mass is 10.0. The summed E-state index contributed by atoms with van der Waals surface area (Å²) in [7, 11) is 0. The SMILES string of the molecule is CC(C)=C/C(=C\C(=C/N)c1ccc2[nH]nc(-c3nc4c([nH]3)CC(C)=CC=C4c3cccnc3)c2n1)NC(=O)c1ccccc1. The van der Waals surface area contributed by atoms with Crippen molar-refractivity contribution in [1.82, 2.24) is 35.5 Å². The number of carbonyl (C=O) groups excluding carboxylic acids is 1. The van der Waals surface area contributed by atoms with Crippen LogP contribution < -0.4 is 11.1 Å². The molecule has 4 aromatic heterocycles. The number of aromatic amines is 2. The first-order chi connectivity index (χ1) is 21.4. The highest BCUT2D eigenvalue weighted by molar-refractivity contribution is 5.96. The average Bonchev–Trinajstić information content (AvgIpc) is 3.60. The molecule has 0 aliphatic heterocycles. The summed E-state index contributed by atoms with van der Waals surface area (Å²) in [5.74, 6) is 0.401. The molecule has 0 saturated carbocycles. The van der Waals surface area contributed by atoms with Crippen LogP contribution in [0.3, 0.4) is 0 Å². The van der Waals surface area contributed by atoms with Crippen molar-refractivity contribution in [3.8, 4) is 11.5 Å². The number of nitrogens with zero attached hydrogens (tertiary/aromatic N) is 4. The van der Waals surface area contributed by atoms with E-state index in [1.165, 1.54) is 11.8 Å². The lowest BCUT2D eigenvalue weighted by Gasteiger charge is -2.09. The van der Waals surface area contributed by atoms with Gasteiger partial charge in [0.15, 0.2) is 11.5 Å². The van der Waals surface area contributed by atoms with Crippen LogP contribution in [0.2, 0.25) is 0 Å². The summed E-state index contributed by atoms with van der Waals surface area (Å²) < 4.78 is 0. The highest BCUT2D eigenvalue weighted by atomic mass is 16.1. The summed E-state index contributed by atoms with van der Waals surface area (Å²) in [6, 6.07) is 16.8. The summed E-state index contributed by atoms with van der Waals surface area (Å²) in [5.41, 5.74) is 16.6. The number of pyridine rings is 2. The van der Waals surface area contributed by atoms with E-state index in [4.69, 9.17) is 15.7 Å². The average molecular weight is 581 g/mol. The second-order valence-electron chi connectivity index (χ2n) is 10.9. The Balaban J connectivity index is 1.37. The summed E-state index contributed by atoms with van der Waals surface area (Å²) >= 11 is 0. The maximum atomic E-state index is 12.9. The smallest absolute Gasteiger partial charge is 0.255 e. The molecule has 9 nitrogen and oxygen atoms in total. The highest BCUT2D eigenvalue weighted by Gasteiger charge is 2.22. The Kier molecular flexibility index (Phi) is 7.84. The molecule has 0 spiro atoms. The normalized spacial score (nSPS) is 13.5. The fourth-order valence-electron chi connectivity index (χ4n) is 5.09. The lowest BCUT2D eigenvalue weighted by Crippen LogP contribution is -2.22. The van der Waals surface area contributed by atoms with Gasteiger partial charge in [0, 0.05) is 58.7 Å². The molecule has 0 saturated heterocycles. The molecule has 0 radical (unpaired) electrons. The first-order valence-electron chi connectivity index (χ1n) is 14.3. The van der Waals surface area contributed by atoms with Crippen molar-refractivity contribution < 1.29 is 4.79 Å². The van der Waals surface area contributed by atoms with Gasteiger partial charge in [0.25, 0.3) is 5.91 Å². The summed E-state index contributed by atoms with van der Waals surface area (Å²) in [4.78, 5) is 30.7. The van der Waals surface area contributed by atoms with Crippen molar-refractivity contribution in [2.45, 2.75) is 27.2 Å². The molecular formula is C35H32N8O. The Morgan fingerprint density at radius 1 is 0.977 bits per heavy atom. The topological polar surface area (TPSA) is 138 Å². The van der Waals surface area contributed by atoms with Crippen LogP contribution in [0.5, 0.6) is 0 Å². The van der Waals surface area contributed by atoms with Crippen molar-refractivity contribution in [2.75, 3.05) is 0 Å². The maximum Gasteiger partial charge on any atom is 0.255 e. The number of fused-ring (bicyclic) bond motifs is 2. The van der Waals surface area contributed by atoms with Gasteiger partial charge in [-0.3, -0.25) is 14.9 Å². The van der Waals surface area contributed by atoms with Gasteiger partial charge >= 0.3 is 0 Å². The van der Waals surface area contributed by atoms with E-state index >= 15 is 0 Å². The van der Waals surface area contributed by atoms with Crippen LogP contribution in [-0.2, 0) is 6.42 Å². The van der Waals surface area contributed by atoms with Crippen molar-refractivity contribution in [2.24, 2.45) is 5.73 Å². The van der Waals surface area contributed by atoms with E-state index in [-0.39, 0.29) is 5.91 Å². The van der Waals surface area contributed by atoms with Gasteiger partial charge in [0.2, 0.25) is 0 Å². The molecule has 0 atom stereocenters. The van der Waals surface area contributed by atoms with E-state index < -0.39 is 0 Å². The fourth-order valence-corrected chi connectivity index (χ4v) is 5.09. The molecule has 0 bridgehead atoms. The van der Waals surface area contributed by atoms with E-state index in [0.717, 1.165) is 40.0 Å². The molecule has 4 heterocycles. The third kappa shape index (κ3) is 5.89. The number of hydrogen-bond donors (Lipinski definition) is 4. The van der Waals surface area contributed by atoms with Crippen molar-refractivity contribution in [3.05, 3.63) is 143 Å². The van der Waals surface area contributed by atoms with Gasteiger partial charge in [-0.2, -0.15) is 5.10 Å². The van der Waals surface area contributed by atoms with Crippen LogP contribution in [0.15, 0.2) is 114 Å². The minimum Gasteiger partial charge on any atom is -0.404 e. The molecule has 6 rings (SSSR count). The standard InChI is InChI=1S/C35H32N8O/c1-21(2)16-26(38-35(44)23-8-5-4-6-9-23)18-25(19-36)28-13-14-29-32(39-28)33(43-42-29)34-40-30-17-22(3)11-12-27(31(30)41-34)24-10-7-15-37-20-24/h4-16,18-20H,17,36H2,1-3H3,(H,38,44)(H,40,41)(H,42,43)/b25-19+,26-18+. The maximum absolute atomic E-state index is 12.9. The Hall–Kier alpha value is -5.83. The van der Waals surface area contributed by atoms with Gasteiger partial charge in [-0.05, 0) is 63.3 Å². The molecule has 44 heavy (non-hydrogen) atoms. The van der Waals surface area contributed by atoms with Crippen LogP contribution in [0.1, 0.15) is 53.8 Å². The molecule has 5 N–H and O–H groups in total. The number of nitrogens with two attached hydrogens (primary N) is 1. The number of amides is 1. The number of hydrogen-bond acceptors (Lipinski definition) is 6. The number of aromatic nitrogens is 6. The summed E-state index contributed by atoms with van der Waals surface area (Å²) in [6.45, 7) is 6.03. The van der Waals surface area contributed by atoms with Crippen LogP contribution in [0.25, 0.3) is 33.7 Å². The number of benzene rings is 1. The molecule has 9 heteroatoms. The second kappa shape index (κ2) is 12.2. The van der Waals surface area contributed by atoms with E-state index in [1.807, 2.05) is 74.7 Å². The van der Waals surface area contributed by atoms with E-state index in [1.54, 1.807) is 18.3 Å². The van der Waals surface area contributed by atoms with Gasteiger partial charge in [0.05, 0.1) is 16.9 Å². The summed E-state index contributed by atoms with van der Waals surface area (Å²) in [5, 5.41) is 10.7. The van der Waals surface area contributed by atoms with Gasteiger partial charge < -0.3 is 16.0 Å². The van der Waals surface area contributed by atoms with Crippen LogP contribution >= 0.6 is 0 Å². The molecule has 0 fully saturated rings. The Bertz CT molecular complexity index is 2000. The van der Waals surface area contributed by atoms with Crippen molar-refractivity contribution in [3.63, 3.8) is 0 Å². The molecule has 1 amide bonds. The van der Waals surface area contributed by atoms with Gasteiger partial charge in [-0.25, -0.2) is 9.97 Å².